The molecule has 0 aromatic rings. The highest BCUT2D eigenvalue weighted by molar-refractivity contribution is 5.61. The van der Waals surface area contributed by atoms with Crippen LogP contribution in [-0.2, 0) is 28.4 Å². The molecule has 4 fully saturated rings. The van der Waals surface area contributed by atoms with E-state index < -0.39 is 24.5 Å². The van der Waals surface area contributed by atoms with Gasteiger partial charge in [0.1, 0.15) is 12.2 Å². The summed E-state index contributed by atoms with van der Waals surface area (Å²) in [5.74, 6) is 1.10. The van der Waals surface area contributed by atoms with Gasteiger partial charge in [0.15, 0.2) is 12.2 Å². The lowest BCUT2D eigenvalue weighted by molar-refractivity contribution is -0.0752. The maximum absolute atomic E-state index is 11.6. The molecule has 4 heterocycles. The number of hydrogen-bond donors (Lipinski definition) is 0. The number of rotatable bonds is 2. The standard InChI is InChI=1S/C16H22O8/c1-5-6(2)10-8-7(9(5)21-10)11-13(23-15(17)19-3)14(12(8)22-11)24-16(18)20-4/h5-14H,1-4H3. The van der Waals surface area contributed by atoms with Crippen molar-refractivity contribution in [2.24, 2.45) is 23.7 Å². The number of methoxy groups -OCH3 is 2. The monoisotopic (exact) mass is 342 g/mol. The summed E-state index contributed by atoms with van der Waals surface area (Å²) in [6, 6.07) is 0. The molecule has 10 atom stereocenters. The van der Waals surface area contributed by atoms with Crippen molar-refractivity contribution < 1.29 is 38.0 Å². The fraction of sp³-hybridized carbons (Fsp3) is 0.875. The van der Waals surface area contributed by atoms with Crippen LogP contribution in [0.25, 0.3) is 0 Å². The predicted octanol–water partition coefficient (Wildman–Crippen LogP) is 1.36. The van der Waals surface area contributed by atoms with E-state index in [1.807, 2.05) is 0 Å². The fourth-order valence-electron chi connectivity index (χ4n) is 5.08. The molecule has 0 aliphatic carbocycles. The molecule has 4 saturated heterocycles. The van der Waals surface area contributed by atoms with Gasteiger partial charge < -0.3 is 28.4 Å². The van der Waals surface area contributed by atoms with Crippen LogP contribution in [0.2, 0.25) is 0 Å². The predicted molar refractivity (Wildman–Crippen MR) is 77.2 cm³/mol. The SMILES string of the molecule is COC(=O)OC1C(OC(=O)OC)C2OC1C1C3OC(C(C)C3C)C21. The first-order chi connectivity index (χ1) is 11.5. The largest absolute Gasteiger partial charge is 0.508 e. The molecule has 4 aliphatic rings. The van der Waals surface area contributed by atoms with Gasteiger partial charge >= 0.3 is 12.3 Å². The molecule has 8 nitrogen and oxygen atoms in total. The molecular formula is C16H22O8. The van der Waals surface area contributed by atoms with Gasteiger partial charge in [-0.1, -0.05) is 13.8 Å². The van der Waals surface area contributed by atoms with Crippen LogP contribution in [0.1, 0.15) is 13.8 Å². The zero-order chi connectivity index (χ0) is 17.2. The van der Waals surface area contributed by atoms with Crippen LogP contribution in [-0.4, -0.2) is 63.2 Å². The lowest BCUT2D eigenvalue weighted by Crippen LogP contribution is -2.55. The first-order valence-electron chi connectivity index (χ1n) is 8.28. The third-order valence-electron chi connectivity index (χ3n) is 6.23. The summed E-state index contributed by atoms with van der Waals surface area (Å²) in [4.78, 5) is 23.2. The minimum atomic E-state index is -0.823. The highest BCUT2D eigenvalue weighted by atomic mass is 16.8. The van der Waals surface area contributed by atoms with E-state index in [0.29, 0.717) is 11.8 Å². The van der Waals surface area contributed by atoms with Crippen LogP contribution in [0.15, 0.2) is 0 Å². The van der Waals surface area contributed by atoms with Crippen molar-refractivity contribution in [3.05, 3.63) is 0 Å². The van der Waals surface area contributed by atoms with Gasteiger partial charge in [-0.25, -0.2) is 9.59 Å². The van der Waals surface area contributed by atoms with E-state index >= 15 is 0 Å². The molecule has 0 aromatic carbocycles. The van der Waals surface area contributed by atoms with Crippen LogP contribution < -0.4 is 0 Å². The molecule has 4 aliphatic heterocycles. The van der Waals surface area contributed by atoms with Crippen molar-refractivity contribution in [1.29, 1.82) is 0 Å². The third-order valence-corrected chi connectivity index (χ3v) is 6.23. The zero-order valence-electron chi connectivity index (χ0n) is 14.0. The molecule has 0 radical (unpaired) electrons. The van der Waals surface area contributed by atoms with E-state index in [1.165, 1.54) is 14.2 Å². The third kappa shape index (κ3) is 1.99. The number of ether oxygens (including phenoxy) is 6. The average Bonchev–Trinajstić information content (AvgIpc) is 3.28. The summed E-state index contributed by atoms with van der Waals surface area (Å²) in [5.41, 5.74) is 0. The molecule has 0 spiro atoms. The molecule has 8 heteroatoms. The lowest BCUT2D eigenvalue weighted by Gasteiger charge is -2.40. The van der Waals surface area contributed by atoms with E-state index in [9.17, 15) is 9.59 Å². The number of carbonyl (C=O) groups excluding carboxylic acids is 2. The van der Waals surface area contributed by atoms with Gasteiger partial charge in [0.25, 0.3) is 0 Å². The molecule has 4 bridgehead atoms. The normalized spacial score (nSPS) is 50.5. The lowest BCUT2D eigenvalue weighted by atomic mass is 9.63. The van der Waals surface area contributed by atoms with Crippen molar-refractivity contribution in [2.45, 2.75) is 50.5 Å². The first-order valence-corrected chi connectivity index (χ1v) is 8.28. The number of fused-ring (bicyclic) bond motifs is 9. The Bertz CT molecular complexity index is 504. The molecule has 24 heavy (non-hydrogen) atoms. The molecule has 0 N–H and O–H groups in total. The zero-order valence-corrected chi connectivity index (χ0v) is 14.0. The molecule has 0 amide bonds. The average molecular weight is 342 g/mol. The van der Waals surface area contributed by atoms with Crippen molar-refractivity contribution in [2.75, 3.05) is 14.2 Å². The molecular weight excluding hydrogens is 320 g/mol. The smallest absolute Gasteiger partial charge is 0.438 e. The highest BCUT2D eigenvalue weighted by Crippen LogP contribution is 2.61. The van der Waals surface area contributed by atoms with Crippen LogP contribution in [0, 0.1) is 23.7 Å². The Morgan fingerprint density at radius 2 is 1.08 bits per heavy atom. The van der Waals surface area contributed by atoms with Gasteiger partial charge in [-0.2, -0.15) is 0 Å². The van der Waals surface area contributed by atoms with E-state index in [-0.39, 0.29) is 36.3 Å². The van der Waals surface area contributed by atoms with Crippen molar-refractivity contribution in [1.82, 2.24) is 0 Å². The Morgan fingerprint density at radius 1 is 0.708 bits per heavy atom. The number of carbonyl (C=O) groups is 2. The quantitative estimate of drug-likeness (QED) is 0.695. The summed E-state index contributed by atoms with van der Waals surface area (Å²) in [5, 5.41) is 0. The van der Waals surface area contributed by atoms with Crippen molar-refractivity contribution in [3.8, 4) is 0 Å². The molecule has 0 aromatic heterocycles. The maximum Gasteiger partial charge on any atom is 0.508 e. The Labute approximate surface area is 139 Å². The van der Waals surface area contributed by atoms with Gasteiger partial charge in [-0.05, 0) is 11.8 Å². The van der Waals surface area contributed by atoms with Crippen LogP contribution in [0.3, 0.4) is 0 Å². The Balaban J connectivity index is 1.61. The second-order valence-corrected chi connectivity index (χ2v) is 7.08. The van der Waals surface area contributed by atoms with Crippen LogP contribution in [0.4, 0.5) is 9.59 Å². The maximum atomic E-state index is 11.6. The molecule has 4 rings (SSSR count). The minimum Gasteiger partial charge on any atom is -0.438 e. The fourth-order valence-corrected chi connectivity index (χ4v) is 5.08. The van der Waals surface area contributed by atoms with Gasteiger partial charge in [-0.3, -0.25) is 0 Å². The van der Waals surface area contributed by atoms with Gasteiger partial charge in [0, 0.05) is 11.8 Å². The van der Waals surface area contributed by atoms with Gasteiger partial charge in [-0.15, -0.1) is 0 Å². The molecule has 10 unspecified atom stereocenters. The highest BCUT2D eigenvalue weighted by Gasteiger charge is 2.73. The summed E-state index contributed by atoms with van der Waals surface area (Å²) < 4.78 is 32.2. The van der Waals surface area contributed by atoms with Crippen LogP contribution in [0.5, 0.6) is 0 Å². The Kier molecular flexibility index (Phi) is 3.65. The first kappa shape index (κ1) is 16.0. The second kappa shape index (κ2) is 5.49. The number of hydrogen-bond acceptors (Lipinski definition) is 8. The van der Waals surface area contributed by atoms with E-state index in [1.54, 1.807) is 0 Å². The van der Waals surface area contributed by atoms with E-state index in [2.05, 4.69) is 23.3 Å². The molecule has 0 saturated carbocycles. The topological polar surface area (TPSA) is 89.5 Å². The Hall–Kier alpha value is -1.54. The van der Waals surface area contributed by atoms with Gasteiger partial charge in [0.2, 0.25) is 0 Å². The summed E-state index contributed by atoms with van der Waals surface area (Å²) >= 11 is 0. The summed E-state index contributed by atoms with van der Waals surface area (Å²) in [7, 11) is 2.47. The van der Waals surface area contributed by atoms with Crippen molar-refractivity contribution in [3.63, 3.8) is 0 Å². The van der Waals surface area contributed by atoms with E-state index in [4.69, 9.17) is 18.9 Å². The second-order valence-electron chi connectivity index (χ2n) is 7.08. The van der Waals surface area contributed by atoms with Gasteiger partial charge in [0.05, 0.1) is 26.4 Å². The molecule has 134 valence electrons. The summed E-state index contributed by atoms with van der Waals surface area (Å²) in [6.45, 7) is 4.35. The van der Waals surface area contributed by atoms with Crippen molar-refractivity contribution >= 4 is 12.3 Å². The summed E-state index contributed by atoms with van der Waals surface area (Å²) in [6.07, 6.45) is -3.65. The Morgan fingerprint density at radius 3 is 1.46 bits per heavy atom. The van der Waals surface area contributed by atoms with Crippen LogP contribution >= 0.6 is 0 Å². The van der Waals surface area contributed by atoms with E-state index in [0.717, 1.165) is 0 Å². The minimum absolute atomic E-state index is 0.0767.